The van der Waals surface area contributed by atoms with E-state index in [1.165, 1.54) is 0 Å². The zero-order valence-corrected chi connectivity index (χ0v) is 22.7. The molecule has 9 nitrogen and oxygen atoms in total. The van der Waals surface area contributed by atoms with Crippen LogP contribution in [-0.2, 0) is 25.6 Å². The Morgan fingerprint density at radius 3 is 2.44 bits per heavy atom. The number of urea groups is 1. The Morgan fingerprint density at radius 1 is 1.03 bits per heavy atom. The van der Waals surface area contributed by atoms with Crippen molar-refractivity contribution in [2.45, 2.75) is 44.0 Å². The molecule has 2 heterocycles. The van der Waals surface area contributed by atoms with Crippen LogP contribution in [0.15, 0.2) is 78.0 Å². The number of hydrogen-bond donors (Lipinski definition) is 3. The van der Waals surface area contributed by atoms with Crippen molar-refractivity contribution in [3.05, 3.63) is 89.6 Å². The quantitative estimate of drug-likeness (QED) is 0.242. The highest BCUT2D eigenvalue weighted by Crippen LogP contribution is 2.43. The monoisotopic (exact) mass is 551 g/mol. The van der Waals surface area contributed by atoms with E-state index in [1.807, 2.05) is 54.6 Å². The number of carbonyl (C=O) groups is 2. The van der Waals surface area contributed by atoms with E-state index < -0.39 is 18.3 Å². The number of pyridine rings is 1. The minimum Gasteiger partial charge on any atom is -0.465 e. The molecular formula is C29H33N3O6S. The molecule has 2 aromatic carbocycles. The van der Waals surface area contributed by atoms with Crippen LogP contribution in [0.5, 0.6) is 0 Å². The SMILES string of the molecule is CCOC(=O)CNC(=O)Nc1ccc(C2OC(CSc3ccccn3)C(C)C(c3ccc(CO)cc3)O2)cc1. The molecule has 2 amide bonds. The number of rotatable bonds is 10. The predicted octanol–water partition coefficient (Wildman–Crippen LogP) is 4.84. The van der Waals surface area contributed by atoms with Gasteiger partial charge in [-0.15, -0.1) is 11.8 Å². The van der Waals surface area contributed by atoms with Gasteiger partial charge in [-0.1, -0.05) is 49.4 Å². The van der Waals surface area contributed by atoms with Crippen molar-refractivity contribution in [2.75, 3.05) is 24.2 Å². The molecule has 1 saturated heterocycles. The first-order valence-corrected chi connectivity index (χ1v) is 13.8. The Hall–Kier alpha value is -3.44. The van der Waals surface area contributed by atoms with E-state index in [0.29, 0.717) is 11.4 Å². The lowest BCUT2D eigenvalue weighted by molar-refractivity contribution is -0.268. The second kappa shape index (κ2) is 14.1. The van der Waals surface area contributed by atoms with E-state index in [1.54, 1.807) is 37.0 Å². The highest BCUT2D eigenvalue weighted by Gasteiger charge is 2.38. The molecule has 206 valence electrons. The van der Waals surface area contributed by atoms with E-state index >= 15 is 0 Å². The summed E-state index contributed by atoms with van der Waals surface area (Å²) in [6.07, 6.45) is 0.809. The first-order chi connectivity index (χ1) is 19.0. The molecule has 4 unspecified atom stereocenters. The van der Waals surface area contributed by atoms with Gasteiger partial charge in [0.25, 0.3) is 0 Å². The van der Waals surface area contributed by atoms with Gasteiger partial charge in [0, 0.05) is 29.1 Å². The number of nitrogens with zero attached hydrogens (tertiary/aromatic N) is 1. The number of benzene rings is 2. The second-order valence-corrected chi connectivity index (χ2v) is 10.1. The van der Waals surface area contributed by atoms with Gasteiger partial charge in [0.15, 0.2) is 6.29 Å². The van der Waals surface area contributed by atoms with Crippen LogP contribution in [0, 0.1) is 5.92 Å². The zero-order chi connectivity index (χ0) is 27.6. The number of anilines is 1. The average Bonchev–Trinajstić information content (AvgIpc) is 2.97. The molecule has 0 bridgehead atoms. The number of aliphatic hydroxyl groups excluding tert-OH is 1. The fourth-order valence-electron chi connectivity index (χ4n) is 4.17. The molecule has 1 aromatic heterocycles. The molecule has 0 spiro atoms. The Morgan fingerprint density at radius 2 is 1.77 bits per heavy atom. The third kappa shape index (κ3) is 8.03. The third-order valence-electron chi connectivity index (χ3n) is 6.30. The minimum atomic E-state index is -0.621. The van der Waals surface area contributed by atoms with E-state index in [2.05, 4.69) is 22.5 Å². The fourth-order valence-corrected chi connectivity index (χ4v) is 5.20. The van der Waals surface area contributed by atoms with Gasteiger partial charge >= 0.3 is 12.0 Å². The van der Waals surface area contributed by atoms with Crippen LogP contribution in [-0.4, -0.2) is 47.1 Å². The van der Waals surface area contributed by atoms with Crippen molar-refractivity contribution in [1.29, 1.82) is 0 Å². The Kier molecular flexibility index (Phi) is 10.3. The predicted molar refractivity (Wildman–Crippen MR) is 148 cm³/mol. The van der Waals surface area contributed by atoms with E-state index in [9.17, 15) is 14.7 Å². The lowest BCUT2D eigenvalue weighted by Crippen LogP contribution is -2.38. The maximum Gasteiger partial charge on any atom is 0.325 e. The minimum absolute atomic E-state index is 0.0162. The van der Waals surface area contributed by atoms with Gasteiger partial charge in [-0.25, -0.2) is 9.78 Å². The van der Waals surface area contributed by atoms with Gasteiger partial charge in [-0.05, 0) is 42.3 Å². The molecular weight excluding hydrogens is 518 g/mol. The second-order valence-electron chi connectivity index (χ2n) is 9.04. The summed E-state index contributed by atoms with van der Waals surface area (Å²) in [6.45, 7) is 3.85. The van der Waals surface area contributed by atoms with Gasteiger partial charge in [0.1, 0.15) is 6.54 Å². The number of ether oxygens (including phenoxy) is 3. The Bertz CT molecular complexity index is 1210. The van der Waals surface area contributed by atoms with Gasteiger partial charge in [0.2, 0.25) is 0 Å². The average molecular weight is 552 g/mol. The number of esters is 1. The third-order valence-corrected chi connectivity index (χ3v) is 7.33. The van der Waals surface area contributed by atoms with Gasteiger partial charge in [-0.3, -0.25) is 4.79 Å². The van der Waals surface area contributed by atoms with Crippen LogP contribution in [0.3, 0.4) is 0 Å². The molecule has 10 heteroatoms. The Labute approximate surface area is 232 Å². The lowest BCUT2D eigenvalue weighted by atomic mass is 9.91. The number of carbonyl (C=O) groups excluding carboxylic acids is 2. The molecule has 4 rings (SSSR count). The summed E-state index contributed by atoms with van der Waals surface area (Å²) >= 11 is 1.64. The number of amides is 2. The van der Waals surface area contributed by atoms with Crippen molar-refractivity contribution >= 4 is 29.4 Å². The smallest absolute Gasteiger partial charge is 0.325 e. The first-order valence-electron chi connectivity index (χ1n) is 12.8. The number of nitrogens with one attached hydrogen (secondary N) is 2. The summed E-state index contributed by atoms with van der Waals surface area (Å²) in [7, 11) is 0. The topological polar surface area (TPSA) is 119 Å². The molecule has 0 saturated carbocycles. The normalized spacial score (nSPS) is 20.7. The first kappa shape index (κ1) is 28.6. The van der Waals surface area contributed by atoms with Gasteiger partial charge in [0.05, 0.1) is 30.4 Å². The molecule has 1 fully saturated rings. The van der Waals surface area contributed by atoms with Crippen molar-refractivity contribution in [2.24, 2.45) is 5.92 Å². The number of hydrogen-bond acceptors (Lipinski definition) is 8. The molecule has 39 heavy (non-hydrogen) atoms. The van der Waals surface area contributed by atoms with Crippen LogP contribution in [0.4, 0.5) is 10.5 Å². The zero-order valence-electron chi connectivity index (χ0n) is 21.9. The van der Waals surface area contributed by atoms with Crippen LogP contribution in [0.1, 0.15) is 42.9 Å². The number of aliphatic hydroxyl groups is 1. The number of aromatic nitrogens is 1. The maximum atomic E-state index is 12.1. The summed E-state index contributed by atoms with van der Waals surface area (Å²) in [5, 5.41) is 15.5. The highest BCUT2D eigenvalue weighted by atomic mass is 32.2. The molecule has 0 radical (unpaired) electrons. The Balaban J connectivity index is 1.46. The van der Waals surface area contributed by atoms with E-state index in [0.717, 1.165) is 21.7 Å². The molecule has 4 atom stereocenters. The van der Waals surface area contributed by atoms with Crippen LogP contribution in [0.2, 0.25) is 0 Å². The van der Waals surface area contributed by atoms with Gasteiger partial charge in [-0.2, -0.15) is 0 Å². The highest BCUT2D eigenvalue weighted by molar-refractivity contribution is 7.99. The summed E-state index contributed by atoms with van der Waals surface area (Å²) in [4.78, 5) is 28.0. The van der Waals surface area contributed by atoms with Crippen LogP contribution < -0.4 is 10.6 Å². The fraction of sp³-hybridized carbons (Fsp3) is 0.345. The molecule has 3 N–H and O–H groups in total. The standard InChI is InChI=1S/C29H33N3O6S/c1-3-36-26(34)16-31-29(35)32-23-13-11-22(12-14-23)28-37-24(18-39-25-6-4-5-15-30-25)19(2)27(38-28)21-9-7-20(17-33)8-10-21/h4-15,19,24,27-28,33H,3,16-18H2,1-2H3,(H2,31,32,35). The van der Waals surface area contributed by atoms with E-state index in [4.69, 9.17) is 14.2 Å². The molecule has 1 aliphatic heterocycles. The van der Waals surface area contributed by atoms with Crippen molar-refractivity contribution in [3.8, 4) is 0 Å². The summed E-state index contributed by atoms with van der Waals surface area (Å²) in [5.74, 6) is 0.255. The van der Waals surface area contributed by atoms with Crippen LogP contribution in [0.25, 0.3) is 0 Å². The van der Waals surface area contributed by atoms with Crippen LogP contribution >= 0.6 is 11.8 Å². The maximum absolute atomic E-state index is 12.1. The van der Waals surface area contributed by atoms with Gasteiger partial charge < -0.3 is 30.0 Å². The molecule has 3 aromatic rings. The summed E-state index contributed by atoms with van der Waals surface area (Å²) in [6, 6.07) is 20.3. The molecule has 0 aliphatic carbocycles. The molecule has 1 aliphatic rings. The van der Waals surface area contributed by atoms with Crippen molar-refractivity contribution in [3.63, 3.8) is 0 Å². The number of thioether (sulfide) groups is 1. The lowest BCUT2D eigenvalue weighted by Gasteiger charge is -2.41. The summed E-state index contributed by atoms with van der Waals surface area (Å²) in [5.41, 5.74) is 3.22. The van der Waals surface area contributed by atoms with Crippen molar-refractivity contribution in [1.82, 2.24) is 10.3 Å². The van der Waals surface area contributed by atoms with E-state index in [-0.39, 0.29) is 37.9 Å². The van der Waals surface area contributed by atoms with Crippen molar-refractivity contribution < 1.29 is 28.9 Å². The summed E-state index contributed by atoms with van der Waals surface area (Å²) < 4.78 is 17.7. The largest absolute Gasteiger partial charge is 0.465 e.